The second kappa shape index (κ2) is 6.20. The van der Waals surface area contributed by atoms with Gasteiger partial charge in [-0.1, -0.05) is 32.4 Å². The van der Waals surface area contributed by atoms with Crippen LogP contribution in [0.25, 0.3) is 5.69 Å². The Morgan fingerprint density at radius 1 is 1.19 bits per heavy atom. The maximum Gasteiger partial charge on any atom is 0.398 e. The Kier molecular flexibility index (Phi) is 4.62. The van der Waals surface area contributed by atoms with Gasteiger partial charge >= 0.3 is 6.18 Å². The molecule has 1 aliphatic rings. The first-order valence-electron chi connectivity index (χ1n) is 7.36. The molecule has 1 unspecified atom stereocenters. The Hall–Kier alpha value is -1.62. The van der Waals surface area contributed by atoms with E-state index in [1.807, 2.05) is 0 Å². The SMILES string of the molecule is N#Cc1nn(-c2c(Cl)cc(C(F)(F)P)cc2Cl)c(N)c1C1(C(F)(F)F)CC1. The van der Waals surface area contributed by atoms with Crippen LogP contribution in [0.2, 0.25) is 10.0 Å². The Morgan fingerprint density at radius 3 is 2.07 bits per heavy atom. The molecule has 1 atom stereocenters. The minimum atomic E-state index is -4.63. The summed E-state index contributed by atoms with van der Waals surface area (Å²) in [4.78, 5) is 0. The predicted molar refractivity (Wildman–Crippen MR) is 93.3 cm³/mol. The number of nitrogens with zero attached hydrogens (tertiary/aromatic N) is 3. The molecule has 0 spiro atoms. The molecule has 0 bridgehead atoms. The van der Waals surface area contributed by atoms with Gasteiger partial charge in [0.2, 0.25) is 0 Å². The number of nitrogens with two attached hydrogens (primary N) is 1. The molecule has 27 heavy (non-hydrogen) atoms. The van der Waals surface area contributed by atoms with Gasteiger partial charge in [-0.3, -0.25) is 0 Å². The molecule has 2 aromatic rings. The summed E-state index contributed by atoms with van der Waals surface area (Å²) in [5.41, 5.74) is -1.38. The highest BCUT2D eigenvalue weighted by atomic mass is 35.5. The van der Waals surface area contributed by atoms with Crippen LogP contribution >= 0.6 is 32.4 Å². The molecule has 2 N–H and O–H groups in total. The number of anilines is 1. The van der Waals surface area contributed by atoms with Gasteiger partial charge in [-0.05, 0) is 25.0 Å². The molecule has 1 fully saturated rings. The van der Waals surface area contributed by atoms with Gasteiger partial charge in [0.15, 0.2) is 5.69 Å². The molecular weight excluding hydrogens is 433 g/mol. The van der Waals surface area contributed by atoms with Crippen molar-refractivity contribution in [2.45, 2.75) is 30.1 Å². The standard InChI is InChI=1S/C15H10Cl2F5N4P/c16-7-3-6(14(18,19)27)4-8(17)11(7)26-12(24)10(9(5-23)25-26)13(1-2-13)15(20,21)22/h3-4H,1-2,24,27H2. The maximum atomic E-state index is 13.5. The number of hydrogen-bond donors (Lipinski definition) is 1. The quantitative estimate of drug-likeness (QED) is 0.527. The topological polar surface area (TPSA) is 67.6 Å². The minimum Gasteiger partial charge on any atom is -0.383 e. The lowest BCUT2D eigenvalue weighted by Gasteiger charge is -2.19. The van der Waals surface area contributed by atoms with Crippen molar-refractivity contribution in [2.24, 2.45) is 0 Å². The van der Waals surface area contributed by atoms with E-state index in [2.05, 4.69) is 5.10 Å². The molecule has 144 valence electrons. The molecule has 1 aromatic carbocycles. The van der Waals surface area contributed by atoms with Crippen LogP contribution in [0, 0.1) is 11.3 Å². The number of hydrogen-bond acceptors (Lipinski definition) is 3. The van der Waals surface area contributed by atoms with Gasteiger partial charge in [0.05, 0.1) is 15.5 Å². The number of halogens is 7. The molecule has 4 nitrogen and oxygen atoms in total. The fourth-order valence-corrected chi connectivity index (χ4v) is 3.73. The van der Waals surface area contributed by atoms with E-state index in [0.717, 1.165) is 16.8 Å². The van der Waals surface area contributed by atoms with Crippen LogP contribution in [-0.2, 0) is 11.1 Å². The number of aromatic nitrogens is 2. The van der Waals surface area contributed by atoms with Crippen LogP contribution in [0.5, 0.6) is 0 Å². The first-order chi connectivity index (χ1) is 12.3. The summed E-state index contributed by atoms with van der Waals surface area (Å²) in [6, 6.07) is 3.40. The Bertz CT molecular complexity index is 947. The Labute approximate surface area is 162 Å². The molecule has 1 aromatic heterocycles. The summed E-state index contributed by atoms with van der Waals surface area (Å²) in [5, 5.41) is 12.4. The third-order valence-electron chi connectivity index (χ3n) is 4.41. The second-order valence-corrected chi connectivity index (χ2v) is 7.66. The van der Waals surface area contributed by atoms with Crippen molar-refractivity contribution < 1.29 is 22.0 Å². The third kappa shape index (κ3) is 3.14. The summed E-state index contributed by atoms with van der Waals surface area (Å²) in [6.07, 6.45) is -5.10. The van der Waals surface area contributed by atoms with Crippen molar-refractivity contribution in [2.75, 3.05) is 5.73 Å². The monoisotopic (exact) mass is 442 g/mol. The smallest absolute Gasteiger partial charge is 0.383 e. The van der Waals surface area contributed by atoms with Gasteiger partial charge in [0.1, 0.15) is 17.6 Å². The van der Waals surface area contributed by atoms with E-state index in [4.69, 9.17) is 28.9 Å². The second-order valence-electron chi connectivity index (χ2n) is 6.12. The zero-order valence-electron chi connectivity index (χ0n) is 13.2. The number of nitrogen functional groups attached to an aromatic ring is 1. The van der Waals surface area contributed by atoms with Gasteiger partial charge in [-0.25, -0.2) is 4.68 Å². The Balaban J connectivity index is 2.23. The van der Waals surface area contributed by atoms with Crippen molar-refractivity contribution in [3.63, 3.8) is 0 Å². The molecule has 12 heteroatoms. The molecule has 1 saturated carbocycles. The van der Waals surface area contributed by atoms with Gasteiger partial charge in [-0.15, -0.1) is 0 Å². The van der Waals surface area contributed by atoms with Gasteiger partial charge < -0.3 is 5.73 Å². The van der Waals surface area contributed by atoms with Crippen LogP contribution in [0.15, 0.2) is 12.1 Å². The van der Waals surface area contributed by atoms with Gasteiger partial charge in [0, 0.05) is 11.1 Å². The van der Waals surface area contributed by atoms with Crippen molar-refractivity contribution in [1.82, 2.24) is 9.78 Å². The Morgan fingerprint density at radius 2 is 1.70 bits per heavy atom. The van der Waals surface area contributed by atoms with E-state index in [9.17, 15) is 27.2 Å². The zero-order chi connectivity index (χ0) is 20.4. The summed E-state index contributed by atoms with van der Waals surface area (Å²) in [6.45, 7) is 0. The lowest BCUT2D eigenvalue weighted by Crippen LogP contribution is -2.30. The number of alkyl halides is 5. The van der Waals surface area contributed by atoms with Crippen molar-refractivity contribution in [3.8, 4) is 11.8 Å². The normalized spacial score (nSPS) is 16.3. The average Bonchev–Trinajstić information content (AvgIpc) is 3.26. The summed E-state index contributed by atoms with van der Waals surface area (Å²) < 4.78 is 68.2. The highest BCUT2D eigenvalue weighted by Crippen LogP contribution is 2.61. The molecule has 0 amide bonds. The highest BCUT2D eigenvalue weighted by Gasteiger charge is 2.66. The van der Waals surface area contributed by atoms with Crippen molar-refractivity contribution in [1.29, 1.82) is 5.26 Å². The summed E-state index contributed by atoms with van der Waals surface area (Å²) in [7, 11) is 1.32. The van der Waals surface area contributed by atoms with E-state index >= 15 is 0 Å². The van der Waals surface area contributed by atoms with Crippen molar-refractivity contribution >= 4 is 38.3 Å². The van der Waals surface area contributed by atoms with E-state index in [-0.39, 0.29) is 28.6 Å². The van der Waals surface area contributed by atoms with Gasteiger partial charge in [0.25, 0.3) is 5.66 Å². The molecule has 0 saturated heterocycles. The van der Waals surface area contributed by atoms with Crippen LogP contribution in [0.3, 0.4) is 0 Å². The molecule has 3 rings (SSSR count). The zero-order valence-corrected chi connectivity index (χ0v) is 15.9. The van der Waals surface area contributed by atoms with E-state index in [0.29, 0.717) is 0 Å². The third-order valence-corrected chi connectivity index (χ3v) is 5.32. The first-order valence-corrected chi connectivity index (χ1v) is 8.69. The van der Waals surface area contributed by atoms with Crippen LogP contribution < -0.4 is 5.73 Å². The van der Waals surface area contributed by atoms with Crippen LogP contribution in [0.4, 0.5) is 27.8 Å². The van der Waals surface area contributed by atoms with Crippen LogP contribution in [0.1, 0.15) is 29.7 Å². The minimum absolute atomic E-state index is 0.186. The fourth-order valence-electron chi connectivity index (χ4n) is 2.91. The van der Waals surface area contributed by atoms with Crippen molar-refractivity contribution in [3.05, 3.63) is 39.0 Å². The molecular formula is C15H10Cl2F5N4P. The van der Waals surface area contributed by atoms with Gasteiger partial charge in [-0.2, -0.15) is 32.3 Å². The fraction of sp³-hybridized carbons (Fsp3) is 0.333. The van der Waals surface area contributed by atoms with E-state index < -0.39 is 39.9 Å². The number of nitriles is 1. The predicted octanol–water partition coefficient (Wildman–Crippen LogP) is 5.15. The first kappa shape index (κ1) is 20.1. The lowest BCUT2D eigenvalue weighted by molar-refractivity contribution is -0.160. The van der Waals surface area contributed by atoms with E-state index in [1.54, 1.807) is 6.07 Å². The molecule has 0 aliphatic heterocycles. The summed E-state index contributed by atoms with van der Waals surface area (Å²) >= 11 is 12.0. The number of benzene rings is 1. The number of rotatable bonds is 3. The summed E-state index contributed by atoms with van der Waals surface area (Å²) in [5.74, 6) is -0.462. The average molecular weight is 443 g/mol. The highest BCUT2D eigenvalue weighted by molar-refractivity contribution is 7.17. The lowest BCUT2D eigenvalue weighted by atomic mass is 9.95. The van der Waals surface area contributed by atoms with Crippen LogP contribution in [-0.4, -0.2) is 16.0 Å². The van der Waals surface area contributed by atoms with E-state index in [1.165, 1.54) is 9.24 Å². The molecule has 1 heterocycles. The largest absolute Gasteiger partial charge is 0.398 e. The molecule has 1 aliphatic carbocycles. The maximum absolute atomic E-state index is 13.5. The molecule has 0 radical (unpaired) electrons.